The summed E-state index contributed by atoms with van der Waals surface area (Å²) in [7, 11) is 1.59. The number of carbonyl (C=O) groups excluding carboxylic acids is 1. The number of nitrogens with one attached hydrogen (secondary N) is 1. The SMILES string of the molecule is CC/C(Cl)=N\OC(=O)Nc1ccc(OC)c(C)c1. The van der Waals surface area contributed by atoms with E-state index in [-0.39, 0.29) is 5.17 Å². The van der Waals surface area contributed by atoms with Crippen molar-refractivity contribution in [3.63, 3.8) is 0 Å². The van der Waals surface area contributed by atoms with Gasteiger partial charge in [0.05, 0.1) is 7.11 Å². The molecule has 0 aliphatic rings. The van der Waals surface area contributed by atoms with Crippen LogP contribution in [-0.2, 0) is 4.84 Å². The number of carbonyl (C=O) groups is 1. The van der Waals surface area contributed by atoms with E-state index in [1.54, 1.807) is 32.2 Å². The van der Waals surface area contributed by atoms with Crippen LogP contribution in [0.2, 0.25) is 0 Å². The predicted octanol–water partition coefficient (Wildman–Crippen LogP) is 3.51. The minimum Gasteiger partial charge on any atom is -0.496 e. The van der Waals surface area contributed by atoms with Gasteiger partial charge in [0.2, 0.25) is 0 Å². The fraction of sp³-hybridized carbons (Fsp3) is 0.333. The van der Waals surface area contributed by atoms with Crippen LogP contribution in [0.25, 0.3) is 0 Å². The monoisotopic (exact) mass is 270 g/mol. The van der Waals surface area contributed by atoms with Crippen molar-refractivity contribution in [2.24, 2.45) is 5.16 Å². The summed E-state index contributed by atoms with van der Waals surface area (Å²) in [4.78, 5) is 15.9. The van der Waals surface area contributed by atoms with Crippen molar-refractivity contribution in [3.8, 4) is 5.75 Å². The highest BCUT2D eigenvalue weighted by atomic mass is 35.5. The molecule has 0 radical (unpaired) electrons. The summed E-state index contributed by atoms with van der Waals surface area (Å²) < 4.78 is 5.12. The molecule has 1 rings (SSSR count). The van der Waals surface area contributed by atoms with E-state index in [0.29, 0.717) is 12.1 Å². The third kappa shape index (κ3) is 4.25. The number of ether oxygens (including phenoxy) is 1. The second-order valence-corrected chi connectivity index (χ2v) is 3.95. The molecule has 0 saturated carbocycles. The van der Waals surface area contributed by atoms with Gasteiger partial charge in [-0.15, -0.1) is 0 Å². The largest absolute Gasteiger partial charge is 0.496 e. The molecule has 1 N–H and O–H groups in total. The maximum Gasteiger partial charge on any atom is 0.437 e. The number of halogens is 1. The third-order valence-corrected chi connectivity index (χ3v) is 2.50. The second kappa shape index (κ2) is 6.86. The Morgan fingerprint density at radius 3 is 2.78 bits per heavy atom. The number of aryl methyl sites for hydroxylation is 1. The van der Waals surface area contributed by atoms with Crippen molar-refractivity contribution in [3.05, 3.63) is 23.8 Å². The topological polar surface area (TPSA) is 59.9 Å². The first kappa shape index (κ1) is 14.3. The summed E-state index contributed by atoms with van der Waals surface area (Å²) in [6.07, 6.45) is -0.178. The van der Waals surface area contributed by atoms with Gasteiger partial charge >= 0.3 is 6.09 Å². The maximum atomic E-state index is 11.4. The Bertz CT molecular complexity index is 461. The molecule has 0 spiro atoms. The highest BCUT2D eigenvalue weighted by molar-refractivity contribution is 6.65. The first-order chi connectivity index (χ1) is 8.56. The van der Waals surface area contributed by atoms with Gasteiger partial charge in [0.1, 0.15) is 10.9 Å². The lowest BCUT2D eigenvalue weighted by Crippen LogP contribution is -2.11. The average Bonchev–Trinajstić information content (AvgIpc) is 2.36. The lowest BCUT2D eigenvalue weighted by molar-refractivity contribution is 0.166. The molecule has 6 heteroatoms. The van der Waals surface area contributed by atoms with Gasteiger partial charge in [-0.3, -0.25) is 10.2 Å². The van der Waals surface area contributed by atoms with Crippen LogP contribution < -0.4 is 10.1 Å². The van der Waals surface area contributed by atoms with E-state index in [1.807, 2.05) is 6.92 Å². The molecule has 98 valence electrons. The fourth-order valence-corrected chi connectivity index (χ4v) is 1.29. The van der Waals surface area contributed by atoms with Gasteiger partial charge in [0.25, 0.3) is 0 Å². The van der Waals surface area contributed by atoms with Gasteiger partial charge in [-0.25, -0.2) is 4.79 Å². The Morgan fingerprint density at radius 2 is 2.22 bits per heavy atom. The first-order valence-corrected chi connectivity index (χ1v) is 5.79. The summed E-state index contributed by atoms with van der Waals surface area (Å²) in [5.74, 6) is 0.751. The van der Waals surface area contributed by atoms with Gasteiger partial charge in [0.15, 0.2) is 0 Å². The Balaban J connectivity index is 2.62. The first-order valence-electron chi connectivity index (χ1n) is 5.41. The van der Waals surface area contributed by atoms with E-state index in [0.717, 1.165) is 11.3 Å². The molecule has 0 fully saturated rings. The number of nitrogens with zero attached hydrogens (tertiary/aromatic N) is 1. The normalized spacial score (nSPS) is 11.0. The predicted molar refractivity (Wildman–Crippen MR) is 71.4 cm³/mol. The molecule has 1 amide bonds. The lowest BCUT2D eigenvalue weighted by Gasteiger charge is -2.07. The molecule has 0 bridgehead atoms. The number of hydrogen-bond donors (Lipinski definition) is 1. The van der Waals surface area contributed by atoms with Crippen molar-refractivity contribution in [1.29, 1.82) is 0 Å². The van der Waals surface area contributed by atoms with Crippen LogP contribution in [0, 0.1) is 6.92 Å². The van der Waals surface area contributed by atoms with Gasteiger partial charge < -0.3 is 4.74 Å². The van der Waals surface area contributed by atoms with Crippen LogP contribution in [0.3, 0.4) is 0 Å². The van der Waals surface area contributed by atoms with Crippen LogP contribution in [0.4, 0.5) is 10.5 Å². The molecule has 0 unspecified atom stereocenters. The second-order valence-electron chi connectivity index (χ2n) is 3.51. The zero-order valence-electron chi connectivity index (χ0n) is 10.5. The molecule has 0 heterocycles. The summed E-state index contributed by atoms with van der Waals surface area (Å²) in [5.41, 5.74) is 1.51. The summed E-state index contributed by atoms with van der Waals surface area (Å²) in [5, 5.41) is 6.20. The van der Waals surface area contributed by atoms with E-state index in [1.165, 1.54) is 0 Å². The van der Waals surface area contributed by atoms with Crippen molar-refractivity contribution in [2.75, 3.05) is 12.4 Å². The molecule has 0 saturated heterocycles. The molecule has 18 heavy (non-hydrogen) atoms. The molecule has 0 atom stereocenters. The van der Waals surface area contributed by atoms with E-state index >= 15 is 0 Å². The van der Waals surface area contributed by atoms with Crippen molar-refractivity contribution in [2.45, 2.75) is 20.3 Å². The van der Waals surface area contributed by atoms with Crippen LogP contribution in [0.1, 0.15) is 18.9 Å². The quantitative estimate of drug-likeness (QED) is 0.517. The van der Waals surface area contributed by atoms with E-state index in [9.17, 15) is 4.79 Å². The van der Waals surface area contributed by atoms with E-state index < -0.39 is 6.09 Å². The van der Waals surface area contributed by atoms with Gasteiger partial charge in [0, 0.05) is 12.1 Å². The van der Waals surface area contributed by atoms with Crippen molar-refractivity contribution < 1.29 is 14.4 Å². The number of amides is 1. The fourth-order valence-electron chi connectivity index (χ4n) is 1.25. The minimum atomic E-state index is -0.689. The van der Waals surface area contributed by atoms with Crippen molar-refractivity contribution in [1.82, 2.24) is 0 Å². The summed E-state index contributed by atoms with van der Waals surface area (Å²) >= 11 is 5.61. The number of oxime groups is 1. The van der Waals surface area contributed by atoms with Crippen LogP contribution in [0.15, 0.2) is 23.4 Å². The summed E-state index contributed by atoms with van der Waals surface area (Å²) in [6, 6.07) is 5.23. The maximum absolute atomic E-state index is 11.4. The van der Waals surface area contributed by atoms with Crippen LogP contribution in [0.5, 0.6) is 5.75 Å². The highest BCUT2D eigenvalue weighted by Crippen LogP contribution is 2.21. The number of rotatable bonds is 4. The molecule has 0 aliphatic carbocycles. The molecular formula is C12H15ClN2O3. The Hall–Kier alpha value is -1.75. The smallest absolute Gasteiger partial charge is 0.437 e. The number of anilines is 1. The van der Waals surface area contributed by atoms with E-state index in [4.69, 9.17) is 16.3 Å². The number of methoxy groups -OCH3 is 1. The zero-order chi connectivity index (χ0) is 13.5. The molecule has 5 nitrogen and oxygen atoms in total. The van der Waals surface area contributed by atoms with E-state index in [2.05, 4.69) is 15.3 Å². The molecule has 0 aromatic heterocycles. The van der Waals surface area contributed by atoms with Gasteiger partial charge in [-0.05, 0) is 30.7 Å². The highest BCUT2D eigenvalue weighted by Gasteiger charge is 2.05. The Morgan fingerprint density at radius 1 is 1.50 bits per heavy atom. The lowest BCUT2D eigenvalue weighted by atomic mass is 10.2. The third-order valence-electron chi connectivity index (χ3n) is 2.16. The molecule has 1 aromatic carbocycles. The van der Waals surface area contributed by atoms with Crippen LogP contribution in [-0.4, -0.2) is 18.4 Å². The molecule has 1 aromatic rings. The Labute approximate surface area is 111 Å². The molecular weight excluding hydrogens is 256 g/mol. The Kier molecular flexibility index (Phi) is 5.45. The minimum absolute atomic E-state index is 0.232. The van der Waals surface area contributed by atoms with Gasteiger partial charge in [-0.1, -0.05) is 23.7 Å². The zero-order valence-corrected chi connectivity index (χ0v) is 11.2. The van der Waals surface area contributed by atoms with Crippen LogP contribution >= 0.6 is 11.6 Å². The standard InChI is InChI=1S/C12H15ClN2O3/c1-4-11(13)15-18-12(16)14-9-5-6-10(17-3)8(2)7-9/h5-7H,4H2,1-3H3,(H,14,16)/b15-11+. The van der Waals surface area contributed by atoms with Crippen molar-refractivity contribution >= 4 is 28.6 Å². The molecule has 0 aliphatic heterocycles. The average molecular weight is 271 g/mol. The van der Waals surface area contributed by atoms with Gasteiger partial charge in [-0.2, -0.15) is 0 Å². The number of benzene rings is 1. The number of hydrogen-bond acceptors (Lipinski definition) is 4. The summed E-state index contributed by atoms with van der Waals surface area (Å²) in [6.45, 7) is 3.68.